The maximum absolute atomic E-state index is 12.2. The molecule has 4 rings (SSSR count). The lowest BCUT2D eigenvalue weighted by Crippen LogP contribution is -2.64. The van der Waals surface area contributed by atoms with Crippen LogP contribution in [0, 0.1) is 40.4 Å². The highest BCUT2D eigenvalue weighted by molar-refractivity contribution is 5.37. The van der Waals surface area contributed by atoms with Crippen molar-refractivity contribution in [3.8, 4) is 0 Å². The highest BCUT2D eigenvalue weighted by Crippen LogP contribution is 2.68. The van der Waals surface area contributed by atoms with Crippen molar-refractivity contribution in [1.82, 2.24) is 0 Å². The van der Waals surface area contributed by atoms with Crippen LogP contribution in [0.3, 0.4) is 0 Å². The Bertz CT molecular complexity index is 711. The van der Waals surface area contributed by atoms with Crippen molar-refractivity contribution < 1.29 is 15.3 Å². The van der Waals surface area contributed by atoms with Crippen LogP contribution >= 0.6 is 0 Å². The van der Waals surface area contributed by atoms with E-state index in [4.69, 9.17) is 0 Å². The molecule has 3 fully saturated rings. The minimum absolute atomic E-state index is 0.0468. The van der Waals surface area contributed by atoms with Crippen molar-refractivity contribution in [3.05, 3.63) is 23.8 Å². The van der Waals surface area contributed by atoms with Gasteiger partial charge in [-0.1, -0.05) is 52.8 Å². The molecular weight excluding hydrogens is 372 g/mol. The third-order valence-electron chi connectivity index (χ3n) is 10.0. The lowest BCUT2D eigenvalue weighted by Gasteiger charge is -2.62. The van der Waals surface area contributed by atoms with Crippen molar-refractivity contribution >= 4 is 0 Å². The molecule has 0 aromatic carbocycles. The molecule has 30 heavy (non-hydrogen) atoms. The fraction of sp³-hybridized carbons (Fsp3) is 0.852. The molecule has 170 valence electrons. The Morgan fingerprint density at radius 2 is 1.80 bits per heavy atom. The summed E-state index contributed by atoms with van der Waals surface area (Å²) in [5.74, 6) is 2.19. The molecule has 3 heteroatoms. The number of hydrogen-bond donors (Lipinski definition) is 3. The van der Waals surface area contributed by atoms with Gasteiger partial charge in [0.15, 0.2) is 0 Å². The van der Waals surface area contributed by atoms with E-state index in [0.29, 0.717) is 30.1 Å². The molecule has 0 spiro atoms. The van der Waals surface area contributed by atoms with Crippen LogP contribution in [0.4, 0.5) is 0 Å². The summed E-state index contributed by atoms with van der Waals surface area (Å²) in [5, 5.41) is 33.5. The smallest absolute Gasteiger partial charge is 0.0917 e. The molecule has 0 heterocycles. The molecule has 0 radical (unpaired) electrons. The molecule has 9 atom stereocenters. The average molecular weight is 417 g/mol. The third-order valence-corrected chi connectivity index (χ3v) is 10.0. The topological polar surface area (TPSA) is 60.7 Å². The summed E-state index contributed by atoms with van der Waals surface area (Å²) in [6, 6.07) is 0. The molecule has 0 aromatic heterocycles. The van der Waals surface area contributed by atoms with Crippen LogP contribution in [0.2, 0.25) is 0 Å². The number of aliphatic hydroxyl groups excluding tert-OH is 2. The third kappa shape index (κ3) is 3.26. The quantitative estimate of drug-likeness (QED) is 0.549. The van der Waals surface area contributed by atoms with Gasteiger partial charge in [-0.25, -0.2) is 0 Å². The highest BCUT2D eigenvalue weighted by atomic mass is 16.3. The van der Waals surface area contributed by atoms with Gasteiger partial charge in [0.2, 0.25) is 0 Å². The second kappa shape index (κ2) is 7.74. The molecule has 4 aliphatic carbocycles. The Labute approximate surface area is 183 Å². The average Bonchev–Trinajstić information content (AvgIpc) is 3.02. The zero-order valence-corrected chi connectivity index (χ0v) is 19.8. The fourth-order valence-corrected chi connectivity index (χ4v) is 8.10. The van der Waals surface area contributed by atoms with E-state index in [2.05, 4.69) is 46.8 Å². The Morgan fingerprint density at radius 3 is 2.50 bits per heavy atom. The normalized spacial score (nSPS) is 49.5. The molecule has 0 bridgehead atoms. The van der Waals surface area contributed by atoms with E-state index in [1.807, 2.05) is 6.08 Å². The summed E-state index contributed by atoms with van der Waals surface area (Å²) >= 11 is 0. The molecule has 0 unspecified atom stereocenters. The maximum Gasteiger partial charge on any atom is 0.0917 e. The number of allylic oxidation sites excluding steroid dienone is 2. The molecule has 0 amide bonds. The van der Waals surface area contributed by atoms with E-state index in [1.54, 1.807) is 0 Å². The van der Waals surface area contributed by atoms with Gasteiger partial charge in [0.05, 0.1) is 17.8 Å². The van der Waals surface area contributed by atoms with Crippen molar-refractivity contribution in [3.63, 3.8) is 0 Å². The predicted molar refractivity (Wildman–Crippen MR) is 122 cm³/mol. The highest BCUT2D eigenvalue weighted by Gasteiger charge is 2.65. The van der Waals surface area contributed by atoms with Gasteiger partial charge >= 0.3 is 0 Å². The summed E-state index contributed by atoms with van der Waals surface area (Å²) in [4.78, 5) is 0. The van der Waals surface area contributed by atoms with E-state index in [9.17, 15) is 15.3 Å². The van der Waals surface area contributed by atoms with Gasteiger partial charge in [-0.15, -0.1) is 0 Å². The van der Waals surface area contributed by atoms with Gasteiger partial charge in [-0.3, -0.25) is 0 Å². The standard InChI is InChI=1S/C27H44O3/c1-17(2)7-6-8-18(3)20-9-10-21-22-16-24(29)23-15-19(28)11-12-26(23,5)27(22,30)14-13-25(20,21)4/h6,8,16-21,23-24,28-30H,7,9-15H2,1-5H3/b8-6+/t18-,19+,20-,21+,23-,24-,25-,26+,27-/m1/s1. The molecule has 4 aliphatic rings. The first kappa shape index (κ1) is 22.6. The first-order valence-corrected chi connectivity index (χ1v) is 12.5. The Hall–Kier alpha value is -0.640. The van der Waals surface area contributed by atoms with Crippen LogP contribution in [0.5, 0.6) is 0 Å². The summed E-state index contributed by atoms with van der Waals surface area (Å²) in [6.07, 6.45) is 13.4. The fourth-order valence-electron chi connectivity index (χ4n) is 8.10. The summed E-state index contributed by atoms with van der Waals surface area (Å²) < 4.78 is 0. The number of fused-ring (bicyclic) bond motifs is 5. The minimum atomic E-state index is -0.827. The SMILES string of the molecule is CC(C)C/C=C/[C@@H](C)[C@H]1CC[C@H]2C3=C[C@@H](O)[C@H]4C[C@@H](O)CC[C@]4(C)[C@@]3(O)CC[C@]12C. The Kier molecular flexibility index (Phi) is 5.82. The Balaban J connectivity index is 1.63. The van der Waals surface area contributed by atoms with E-state index < -0.39 is 11.7 Å². The van der Waals surface area contributed by atoms with E-state index >= 15 is 0 Å². The lowest BCUT2D eigenvalue weighted by molar-refractivity contribution is -0.175. The van der Waals surface area contributed by atoms with Gasteiger partial charge < -0.3 is 15.3 Å². The van der Waals surface area contributed by atoms with Crippen LogP contribution < -0.4 is 0 Å². The van der Waals surface area contributed by atoms with Crippen LogP contribution in [0.1, 0.15) is 86.0 Å². The van der Waals surface area contributed by atoms with E-state index in [-0.39, 0.29) is 22.9 Å². The van der Waals surface area contributed by atoms with Gasteiger partial charge in [0.1, 0.15) is 0 Å². The van der Waals surface area contributed by atoms with Crippen LogP contribution in [0.15, 0.2) is 23.8 Å². The Morgan fingerprint density at radius 1 is 1.07 bits per heavy atom. The second-order valence-corrected chi connectivity index (χ2v) is 12.1. The summed E-state index contributed by atoms with van der Waals surface area (Å²) in [7, 11) is 0. The lowest BCUT2D eigenvalue weighted by atomic mass is 9.45. The van der Waals surface area contributed by atoms with Crippen LogP contribution in [-0.4, -0.2) is 33.1 Å². The first-order chi connectivity index (χ1) is 14.0. The molecule has 3 nitrogen and oxygen atoms in total. The van der Waals surface area contributed by atoms with Gasteiger partial charge in [0.25, 0.3) is 0 Å². The molecule has 3 N–H and O–H groups in total. The second-order valence-electron chi connectivity index (χ2n) is 12.1. The minimum Gasteiger partial charge on any atom is -0.393 e. The monoisotopic (exact) mass is 416 g/mol. The van der Waals surface area contributed by atoms with Crippen LogP contribution in [-0.2, 0) is 0 Å². The van der Waals surface area contributed by atoms with Crippen molar-refractivity contribution in [2.75, 3.05) is 0 Å². The van der Waals surface area contributed by atoms with Crippen LogP contribution in [0.25, 0.3) is 0 Å². The number of rotatable bonds is 4. The summed E-state index contributed by atoms with van der Waals surface area (Å²) in [5.41, 5.74) is 0.168. The van der Waals surface area contributed by atoms with Gasteiger partial charge in [0, 0.05) is 5.41 Å². The van der Waals surface area contributed by atoms with E-state index in [0.717, 1.165) is 44.1 Å². The van der Waals surface area contributed by atoms with Crippen molar-refractivity contribution in [2.45, 2.75) is 104 Å². The molecule has 0 aromatic rings. The largest absolute Gasteiger partial charge is 0.393 e. The van der Waals surface area contributed by atoms with Gasteiger partial charge in [-0.05, 0) is 91.9 Å². The number of aliphatic hydroxyl groups is 3. The summed E-state index contributed by atoms with van der Waals surface area (Å²) in [6.45, 7) is 11.5. The number of hydrogen-bond acceptors (Lipinski definition) is 3. The first-order valence-electron chi connectivity index (χ1n) is 12.5. The predicted octanol–water partition coefficient (Wildman–Crippen LogP) is 5.25. The van der Waals surface area contributed by atoms with Crippen molar-refractivity contribution in [1.29, 1.82) is 0 Å². The van der Waals surface area contributed by atoms with E-state index in [1.165, 1.54) is 6.42 Å². The molecular formula is C27H44O3. The molecule has 0 aliphatic heterocycles. The van der Waals surface area contributed by atoms with Gasteiger partial charge in [-0.2, -0.15) is 0 Å². The zero-order valence-electron chi connectivity index (χ0n) is 19.8. The zero-order chi connectivity index (χ0) is 21.9. The van der Waals surface area contributed by atoms with Crippen molar-refractivity contribution in [2.24, 2.45) is 40.4 Å². The maximum atomic E-state index is 12.2. The molecule has 0 saturated heterocycles. The molecule has 3 saturated carbocycles.